The molecule has 0 saturated carbocycles. The van der Waals surface area contributed by atoms with Crippen molar-refractivity contribution in [2.75, 3.05) is 23.7 Å². The summed E-state index contributed by atoms with van der Waals surface area (Å²) in [6.45, 7) is 8.65. The Morgan fingerprint density at radius 1 is 0.980 bits per heavy atom. The van der Waals surface area contributed by atoms with Gasteiger partial charge in [0.2, 0.25) is 17.7 Å². The maximum absolute atomic E-state index is 13.7. The molecule has 0 spiro atoms. The molecule has 1 atom stereocenters. The summed E-state index contributed by atoms with van der Waals surface area (Å²) in [6, 6.07) is 21.0. The highest BCUT2D eigenvalue weighted by Gasteiger charge is 2.28. The molecule has 0 unspecified atom stereocenters. The highest BCUT2D eigenvalue weighted by atomic mass is 19.1. The Hall–Kier alpha value is -5.58. The molecule has 5 aromatic rings. The van der Waals surface area contributed by atoms with Crippen LogP contribution < -0.4 is 15.4 Å². The lowest BCUT2D eigenvalue weighted by molar-refractivity contribution is -0.115. The first-order valence-electron chi connectivity index (χ1n) is 16.3. The highest BCUT2D eigenvalue weighted by molar-refractivity contribution is 6.05. The number of nitrogens with zero attached hydrogens (tertiary/aromatic N) is 4. The van der Waals surface area contributed by atoms with Gasteiger partial charge < -0.3 is 25.0 Å². The van der Waals surface area contributed by atoms with Gasteiger partial charge in [0.05, 0.1) is 17.7 Å². The van der Waals surface area contributed by atoms with Crippen molar-refractivity contribution in [2.45, 2.75) is 58.6 Å². The lowest BCUT2D eigenvalue weighted by Crippen LogP contribution is -2.47. The summed E-state index contributed by atoms with van der Waals surface area (Å²) >= 11 is 0. The minimum Gasteiger partial charge on any atom is -0.444 e. The lowest BCUT2D eigenvalue weighted by Gasteiger charge is -2.34. The van der Waals surface area contributed by atoms with E-state index in [2.05, 4.69) is 20.6 Å². The zero-order valence-corrected chi connectivity index (χ0v) is 28.0. The molecule has 2 amide bonds. The van der Waals surface area contributed by atoms with Gasteiger partial charge in [-0.05, 0) is 88.1 Å². The quantitative estimate of drug-likeness (QED) is 0.172. The molecular weight excluding hydrogens is 623 g/mol. The van der Waals surface area contributed by atoms with Gasteiger partial charge >= 0.3 is 6.09 Å². The van der Waals surface area contributed by atoms with Crippen molar-refractivity contribution in [3.8, 4) is 22.9 Å². The Bertz CT molecular complexity index is 2000. The first-order chi connectivity index (χ1) is 23.5. The highest BCUT2D eigenvalue weighted by Crippen LogP contribution is 2.38. The zero-order valence-electron chi connectivity index (χ0n) is 28.0. The molecule has 1 aliphatic heterocycles. The summed E-state index contributed by atoms with van der Waals surface area (Å²) in [5.74, 6) is 0.745. The van der Waals surface area contributed by atoms with E-state index in [4.69, 9.17) is 14.5 Å². The second-order valence-corrected chi connectivity index (χ2v) is 13.1. The van der Waals surface area contributed by atoms with Gasteiger partial charge in [-0.25, -0.2) is 24.1 Å². The number of ether oxygens (including phenoxy) is 2. The summed E-state index contributed by atoms with van der Waals surface area (Å²) in [7, 11) is 0. The van der Waals surface area contributed by atoms with E-state index in [0.717, 1.165) is 29.2 Å². The second-order valence-electron chi connectivity index (χ2n) is 13.1. The van der Waals surface area contributed by atoms with Crippen LogP contribution >= 0.6 is 0 Å². The Morgan fingerprint density at radius 3 is 2.63 bits per heavy atom. The number of halogens is 1. The molecule has 1 saturated heterocycles. The first kappa shape index (κ1) is 33.3. The van der Waals surface area contributed by atoms with Crippen molar-refractivity contribution < 1.29 is 23.5 Å². The largest absolute Gasteiger partial charge is 0.444 e. The summed E-state index contributed by atoms with van der Waals surface area (Å²) in [5, 5.41) is 7.94. The number of fused-ring (bicyclic) bond motifs is 1. The number of aromatic nitrogens is 3. The molecule has 49 heavy (non-hydrogen) atoms. The molecule has 2 N–H and O–H groups in total. The van der Waals surface area contributed by atoms with Crippen LogP contribution in [-0.2, 0) is 16.0 Å². The van der Waals surface area contributed by atoms with Crippen LogP contribution in [0.3, 0.4) is 0 Å². The van der Waals surface area contributed by atoms with Crippen LogP contribution in [0.25, 0.3) is 22.0 Å². The summed E-state index contributed by atoms with van der Waals surface area (Å²) < 4.78 is 25.8. The molecule has 0 radical (unpaired) electrons. The molecular formula is C38H39FN6O4. The predicted molar refractivity (Wildman–Crippen MR) is 187 cm³/mol. The van der Waals surface area contributed by atoms with Gasteiger partial charge in [-0.3, -0.25) is 4.79 Å². The maximum Gasteiger partial charge on any atom is 0.410 e. The Balaban J connectivity index is 1.22. The third kappa shape index (κ3) is 8.29. The van der Waals surface area contributed by atoms with Gasteiger partial charge in [-0.15, -0.1) is 0 Å². The van der Waals surface area contributed by atoms with Crippen LogP contribution in [-0.4, -0.2) is 56.6 Å². The molecule has 0 aliphatic carbocycles. The van der Waals surface area contributed by atoms with Gasteiger partial charge in [0.15, 0.2) is 0 Å². The molecule has 10 nitrogen and oxygen atoms in total. The lowest BCUT2D eigenvalue weighted by atomic mass is 10.0. The van der Waals surface area contributed by atoms with E-state index in [9.17, 15) is 14.0 Å². The number of hydrogen-bond donors (Lipinski definition) is 2. The molecule has 11 heteroatoms. The van der Waals surface area contributed by atoms with Crippen LogP contribution in [0.2, 0.25) is 0 Å². The number of amides is 2. The maximum atomic E-state index is 13.7. The van der Waals surface area contributed by atoms with Crippen LogP contribution in [0, 0.1) is 12.7 Å². The van der Waals surface area contributed by atoms with Gasteiger partial charge in [0.25, 0.3) is 0 Å². The van der Waals surface area contributed by atoms with Gasteiger partial charge in [0, 0.05) is 48.0 Å². The van der Waals surface area contributed by atoms with E-state index < -0.39 is 5.60 Å². The number of aryl methyl sites for hydroxylation is 1. The Kier molecular flexibility index (Phi) is 9.70. The number of carbonyl (C=O) groups is 2. The zero-order chi connectivity index (χ0) is 34.5. The summed E-state index contributed by atoms with van der Waals surface area (Å²) in [4.78, 5) is 41.1. The number of nitrogens with one attached hydrogen (secondary N) is 2. The molecule has 1 aliphatic rings. The fourth-order valence-corrected chi connectivity index (χ4v) is 5.82. The molecule has 3 aromatic carbocycles. The van der Waals surface area contributed by atoms with Crippen molar-refractivity contribution >= 4 is 34.4 Å². The number of pyridine rings is 1. The van der Waals surface area contributed by atoms with E-state index >= 15 is 0 Å². The number of benzene rings is 3. The molecule has 3 heterocycles. The standard InChI is InChI=1S/C38H39FN6O4/c1-24-15-16-28-29(12-6-14-31(28)43-33(46)22-25-9-5-10-26(39)21-25)34(24)48-35-30(13-7-18-40-35)32-17-19-41-36(44-32)42-27-11-8-20-45(23-27)37(47)49-38(2,3)4/h5-7,9-10,12-19,21,27H,8,11,20,22-23H2,1-4H3,(H,43,46)(H,41,42,44)/t27-/m0/s1. The van der Waals surface area contributed by atoms with Gasteiger partial charge in [0.1, 0.15) is 17.2 Å². The third-order valence-corrected chi connectivity index (χ3v) is 8.04. The van der Waals surface area contributed by atoms with Crippen molar-refractivity contribution in [2.24, 2.45) is 0 Å². The van der Waals surface area contributed by atoms with Crippen LogP contribution in [0.4, 0.5) is 20.8 Å². The summed E-state index contributed by atoms with van der Waals surface area (Å²) in [5.41, 5.74) is 2.80. The smallest absolute Gasteiger partial charge is 0.410 e. The average molecular weight is 663 g/mol. The van der Waals surface area contributed by atoms with E-state index in [0.29, 0.717) is 53.2 Å². The second kappa shape index (κ2) is 14.3. The monoisotopic (exact) mass is 662 g/mol. The van der Waals surface area contributed by atoms with Crippen molar-refractivity contribution in [3.05, 3.63) is 102 Å². The van der Waals surface area contributed by atoms with E-state index in [-0.39, 0.29) is 30.3 Å². The van der Waals surface area contributed by atoms with Crippen LogP contribution in [0.1, 0.15) is 44.7 Å². The first-order valence-corrected chi connectivity index (χ1v) is 16.3. The molecule has 2 aromatic heterocycles. The minimum absolute atomic E-state index is 0.0389. The molecule has 0 bridgehead atoms. The van der Waals surface area contributed by atoms with Gasteiger partial charge in [-0.1, -0.05) is 36.4 Å². The Labute approximate surface area is 284 Å². The molecule has 6 rings (SSSR count). The number of piperidine rings is 1. The number of hydrogen-bond acceptors (Lipinski definition) is 8. The van der Waals surface area contributed by atoms with E-state index in [1.165, 1.54) is 12.1 Å². The number of rotatable bonds is 8. The normalized spacial score (nSPS) is 14.7. The van der Waals surface area contributed by atoms with E-state index in [1.54, 1.807) is 35.5 Å². The van der Waals surface area contributed by atoms with Crippen molar-refractivity contribution in [3.63, 3.8) is 0 Å². The Morgan fingerprint density at radius 2 is 1.82 bits per heavy atom. The average Bonchev–Trinajstić information content (AvgIpc) is 3.06. The van der Waals surface area contributed by atoms with Crippen molar-refractivity contribution in [1.82, 2.24) is 19.9 Å². The number of likely N-dealkylation sites (tertiary alicyclic amines) is 1. The van der Waals surface area contributed by atoms with Crippen molar-refractivity contribution in [1.29, 1.82) is 0 Å². The van der Waals surface area contributed by atoms with E-state index in [1.807, 2.05) is 70.2 Å². The van der Waals surface area contributed by atoms with Crippen LogP contribution in [0.5, 0.6) is 11.6 Å². The van der Waals surface area contributed by atoms with Crippen LogP contribution in [0.15, 0.2) is 85.2 Å². The fourth-order valence-electron chi connectivity index (χ4n) is 5.82. The predicted octanol–water partition coefficient (Wildman–Crippen LogP) is 7.92. The third-order valence-electron chi connectivity index (χ3n) is 8.04. The topological polar surface area (TPSA) is 119 Å². The SMILES string of the molecule is Cc1ccc2c(NC(=O)Cc3cccc(F)c3)cccc2c1Oc1ncccc1-c1ccnc(N[C@H]2CCCN(C(=O)OC(C)(C)C)C2)n1. The fraction of sp³-hybridized carbons (Fsp3) is 0.289. The summed E-state index contributed by atoms with van der Waals surface area (Å²) in [6.07, 6.45) is 4.75. The number of carbonyl (C=O) groups excluding carboxylic acids is 2. The number of anilines is 2. The van der Waals surface area contributed by atoms with Gasteiger partial charge in [-0.2, -0.15) is 0 Å². The minimum atomic E-state index is -0.563. The molecule has 252 valence electrons. The molecule has 1 fully saturated rings.